The number of aromatic hydroxyl groups is 1. The predicted molar refractivity (Wildman–Crippen MR) is 81.8 cm³/mol. The number of fused-ring (bicyclic) bond motifs is 1. The zero-order valence-electron chi connectivity index (χ0n) is 11.8. The number of phenols is 1. The number of hydrogen-bond donors (Lipinski definition) is 1. The molecule has 0 radical (unpaired) electrons. The maximum Gasteiger partial charge on any atom is 0.200 e. The number of rotatable bonds is 4. The topological polar surface area (TPSA) is 72.8 Å². The van der Waals surface area contributed by atoms with E-state index in [4.69, 9.17) is 9.47 Å². The Hall–Kier alpha value is -2.47. The number of hydrogen-bond acceptors (Lipinski definition) is 5. The molecule has 1 N–H and O–H groups in total. The summed E-state index contributed by atoms with van der Waals surface area (Å²) in [5, 5.41) is 10.7. The van der Waals surface area contributed by atoms with Crippen molar-refractivity contribution in [1.29, 1.82) is 0 Å². The minimum atomic E-state index is -3.48. The van der Waals surface area contributed by atoms with E-state index in [1.165, 1.54) is 30.7 Å². The van der Waals surface area contributed by atoms with Gasteiger partial charge in [-0.2, -0.15) is 0 Å². The van der Waals surface area contributed by atoms with Gasteiger partial charge in [-0.3, -0.25) is 0 Å². The number of phenolic OH excluding ortho intramolecular Hbond substituents is 1. The largest absolute Gasteiger partial charge is 0.508 e. The fourth-order valence-electron chi connectivity index (χ4n) is 2.34. The molecule has 0 spiro atoms. The van der Waals surface area contributed by atoms with Crippen molar-refractivity contribution in [1.82, 2.24) is 0 Å². The second-order valence-electron chi connectivity index (χ2n) is 4.81. The molecule has 0 saturated carbocycles. The molecule has 0 aliphatic carbocycles. The van der Waals surface area contributed by atoms with Crippen LogP contribution in [0.25, 0.3) is 5.57 Å². The highest BCUT2D eigenvalue weighted by molar-refractivity contribution is 7.95. The summed E-state index contributed by atoms with van der Waals surface area (Å²) in [7, 11) is -1.94. The van der Waals surface area contributed by atoms with Crippen molar-refractivity contribution in [2.24, 2.45) is 0 Å². The van der Waals surface area contributed by atoms with E-state index >= 15 is 0 Å². The minimum Gasteiger partial charge on any atom is -0.508 e. The van der Waals surface area contributed by atoms with Gasteiger partial charge in [0.1, 0.15) is 12.4 Å². The average Bonchev–Trinajstić information content (AvgIpc) is 2.75. The summed E-state index contributed by atoms with van der Waals surface area (Å²) < 4.78 is 35.0. The average molecular weight is 318 g/mol. The van der Waals surface area contributed by atoms with Crippen LogP contribution >= 0.6 is 0 Å². The summed E-state index contributed by atoms with van der Waals surface area (Å²) in [6.07, 6.45) is 0. The van der Waals surface area contributed by atoms with E-state index in [-0.39, 0.29) is 17.3 Å². The van der Waals surface area contributed by atoms with Crippen LogP contribution < -0.4 is 9.47 Å². The number of benzene rings is 2. The standard InChI is InChI=1S/C16H14O5S/c1-20-14-4-2-3-5-15(14)21-9-11-10-22(18,19)16-7-6-12(17)8-13(11)16/h2-8,10,17H,9H2,1H3. The monoisotopic (exact) mass is 318 g/mol. The summed E-state index contributed by atoms with van der Waals surface area (Å²) in [5.74, 6) is 1.11. The number of sulfone groups is 1. The molecule has 0 fully saturated rings. The third-order valence-corrected chi connectivity index (χ3v) is 4.93. The van der Waals surface area contributed by atoms with Crippen molar-refractivity contribution in [2.45, 2.75) is 4.90 Å². The summed E-state index contributed by atoms with van der Waals surface area (Å²) in [5.41, 5.74) is 0.965. The van der Waals surface area contributed by atoms with Crippen molar-refractivity contribution < 1.29 is 23.0 Å². The normalized spacial score (nSPS) is 15.0. The first kappa shape index (κ1) is 14.5. The molecule has 0 aromatic heterocycles. The van der Waals surface area contributed by atoms with E-state index < -0.39 is 9.84 Å². The number of methoxy groups -OCH3 is 1. The van der Waals surface area contributed by atoms with Crippen molar-refractivity contribution in [3.63, 3.8) is 0 Å². The minimum absolute atomic E-state index is 0.0130. The number of ether oxygens (including phenoxy) is 2. The molecule has 0 unspecified atom stereocenters. The first-order valence-corrected chi connectivity index (χ1v) is 8.11. The van der Waals surface area contributed by atoms with Crippen LogP contribution in [0.1, 0.15) is 5.56 Å². The van der Waals surface area contributed by atoms with Gasteiger partial charge in [0.05, 0.1) is 12.0 Å². The maximum atomic E-state index is 12.1. The number of para-hydroxylation sites is 2. The summed E-state index contributed by atoms with van der Waals surface area (Å²) in [6.45, 7) is 0.0655. The molecule has 0 atom stereocenters. The highest BCUT2D eigenvalue weighted by Crippen LogP contribution is 2.36. The van der Waals surface area contributed by atoms with Gasteiger partial charge in [0, 0.05) is 16.5 Å². The van der Waals surface area contributed by atoms with E-state index in [1.54, 1.807) is 18.2 Å². The quantitative estimate of drug-likeness (QED) is 0.938. The lowest BCUT2D eigenvalue weighted by Gasteiger charge is -2.11. The van der Waals surface area contributed by atoms with Gasteiger partial charge in [0.2, 0.25) is 9.84 Å². The first-order chi connectivity index (χ1) is 10.5. The van der Waals surface area contributed by atoms with Gasteiger partial charge in [0.15, 0.2) is 11.5 Å². The fraction of sp³-hybridized carbons (Fsp3) is 0.125. The SMILES string of the molecule is COc1ccccc1OCC1=CS(=O)(=O)c2ccc(O)cc21. The van der Waals surface area contributed by atoms with Gasteiger partial charge in [-0.1, -0.05) is 12.1 Å². The highest BCUT2D eigenvalue weighted by atomic mass is 32.2. The molecular formula is C16H14O5S. The van der Waals surface area contributed by atoms with E-state index in [0.29, 0.717) is 22.6 Å². The molecule has 3 rings (SSSR count). The molecule has 2 aromatic rings. The molecule has 1 aliphatic heterocycles. The van der Waals surface area contributed by atoms with Crippen molar-refractivity contribution in [2.75, 3.05) is 13.7 Å². The smallest absolute Gasteiger partial charge is 0.200 e. The van der Waals surface area contributed by atoms with Crippen LogP contribution in [0.5, 0.6) is 17.2 Å². The van der Waals surface area contributed by atoms with E-state index in [2.05, 4.69) is 0 Å². The van der Waals surface area contributed by atoms with E-state index in [1.807, 2.05) is 6.07 Å². The van der Waals surface area contributed by atoms with E-state index in [0.717, 1.165) is 0 Å². The highest BCUT2D eigenvalue weighted by Gasteiger charge is 2.27. The van der Waals surface area contributed by atoms with Crippen molar-refractivity contribution >= 4 is 15.4 Å². The molecule has 2 aromatic carbocycles. The van der Waals surface area contributed by atoms with Crippen LogP contribution in [0.2, 0.25) is 0 Å². The van der Waals surface area contributed by atoms with Crippen LogP contribution in [0, 0.1) is 0 Å². The second-order valence-corrected chi connectivity index (χ2v) is 6.57. The zero-order valence-corrected chi connectivity index (χ0v) is 12.6. The van der Waals surface area contributed by atoms with Gasteiger partial charge in [-0.05, 0) is 30.3 Å². The Labute approximate surface area is 128 Å². The lowest BCUT2D eigenvalue weighted by atomic mass is 10.1. The van der Waals surface area contributed by atoms with Crippen LogP contribution in [0.15, 0.2) is 52.8 Å². The lowest BCUT2D eigenvalue weighted by Crippen LogP contribution is -2.01. The molecule has 0 amide bonds. The molecule has 22 heavy (non-hydrogen) atoms. The fourth-order valence-corrected chi connectivity index (χ4v) is 3.79. The Balaban J connectivity index is 1.90. The Morgan fingerprint density at radius 2 is 1.82 bits per heavy atom. The maximum absolute atomic E-state index is 12.1. The zero-order chi connectivity index (χ0) is 15.7. The summed E-state index contributed by atoms with van der Waals surface area (Å²) in [4.78, 5) is 0.184. The van der Waals surface area contributed by atoms with Crippen molar-refractivity contribution in [3.05, 3.63) is 53.4 Å². The summed E-state index contributed by atoms with van der Waals surface area (Å²) in [6, 6.07) is 11.3. The Bertz CT molecular complexity index is 853. The summed E-state index contributed by atoms with van der Waals surface area (Å²) >= 11 is 0. The third-order valence-electron chi connectivity index (χ3n) is 3.37. The predicted octanol–water partition coefficient (Wildman–Crippen LogP) is 2.61. The van der Waals surface area contributed by atoms with Crippen LogP contribution in [0.3, 0.4) is 0 Å². The Kier molecular flexibility index (Phi) is 3.54. The van der Waals surface area contributed by atoms with Gasteiger partial charge >= 0.3 is 0 Å². The van der Waals surface area contributed by atoms with Gasteiger partial charge in [0.25, 0.3) is 0 Å². The molecule has 114 valence electrons. The molecule has 1 heterocycles. The van der Waals surface area contributed by atoms with Crippen LogP contribution in [-0.2, 0) is 9.84 Å². The first-order valence-electron chi connectivity index (χ1n) is 6.56. The molecule has 5 nitrogen and oxygen atoms in total. The van der Waals surface area contributed by atoms with Gasteiger partial charge in [-0.15, -0.1) is 0 Å². The van der Waals surface area contributed by atoms with Crippen LogP contribution in [0.4, 0.5) is 0 Å². The van der Waals surface area contributed by atoms with Crippen LogP contribution in [-0.4, -0.2) is 27.2 Å². The van der Waals surface area contributed by atoms with Gasteiger partial charge in [-0.25, -0.2) is 8.42 Å². The Morgan fingerprint density at radius 1 is 1.09 bits per heavy atom. The van der Waals surface area contributed by atoms with Crippen molar-refractivity contribution in [3.8, 4) is 17.2 Å². The second kappa shape index (κ2) is 5.38. The molecule has 1 aliphatic rings. The molecule has 6 heteroatoms. The third kappa shape index (κ3) is 2.53. The van der Waals surface area contributed by atoms with Gasteiger partial charge < -0.3 is 14.6 Å². The molecule has 0 bridgehead atoms. The van der Waals surface area contributed by atoms with E-state index in [9.17, 15) is 13.5 Å². The molecule has 0 saturated heterocycles. The Morgan fingerprint density at radius 3 is 2.55 bits per heavy atom. The lowest BCUT2D eigenvalue weighted by molar-refractivity contribution is 0.330. The molecular weight excluding hydrogens is 304 g/mol.